The Hall–Kier alpha value is -1.22. The topological polar surface area (TPSA) is 132 Å². The van der Waals surface area contributed by atoms with E-state index >= 15 is 4.39 Å². The molecule has 3 fully saturated rings. The molecule has 0 aromatic rings. The van der Waals surface area contributed by atoms with Crippen molar-refractivity contribution < 1.29 is 39.2 Å². The Morgan fingerprint density at radius 3 is 2.34 bits per heavy atom. The van der Waals surface area contributed by atoms with Gasteiger partial charge in [0.05, 0.1) is 17.6 Å². The highest BCUT2D eigenvalue weighted by atomic mass is 19.1. The zero-order valence-electron chi connectivity index (χ0n) is 17.2. The number of ketones is 3. The maximum atomic E-state index is 16.8. The smallest absolute Gasteiger partial charge is 0.192 e. The molecule has 29 heavy (non-hydrogen) atoms. The van der Waals surface area contributed by atoms with Crippen molar-refractivity contribution >= 4 is 17.3 Å². The average molecular weight is 414 g/mol. The normalized spacial score (nSPS) is 49.4. The van der Waals surface area contributed by atoms with E-state index in [1.165, 1.54) is 20.8 Å². The van der Waals surface area contributed by atoms with Crippen LogP contribution >= 0.6 is 0 Å². The van der Waals surface area contributed by atoms with Gasteiger partial charge in [-0.15, -0.1) is 0 Å². The molecule has 8 atom stereocenters. The Kier molecular flexibility index (Phi) is 5.35. The van der Waals surface area contributed by atoms with Crippen LogP contribution in [0.4, 0.5) is 4.39 Å². The third-order valence-electron chi connectivity index (χ3n) is 8.47. The molecule has 0 amide bonds. The molecule has 0 aliphatic heterocycles. The maximum absolute atomic E-state index is 16.8. The highest BCUT2D eigenvalue weighted by Gasteiger charge is 2.76. The van der Waals surface area contributed by atoms with Gasteiger partial charge in [0.15, 0.2) is 17.1 Å². The first kappa shape index (κ1) is 22.5. The van der Waals surface area contributed by atoms with E-state index in [9.17, 15) is 34.8 Å². The zero-order chi connectivity index (χ0) is 22.0. The molecule has 0 spiro atoms. The SMILES string of the molecule is CC(=O)CC[C@@]1(C)C(=O)CC[C@H]2[C@@H]3C[C@@H](O)[C@](O)(C(=O)CO)[C@@]3(C)C[C@H](O)[C@@]21F. The van der Waals surface area contributed by atoms with E-state index in [1.807, 2.05) is 0 Å². The lowest BCUT2D eigenvalue weighted by Gasteiger charge is -2.61. The van der Waals surface area contributed by atoms with Gasteiger partial charge in [-0.2, -0.15) is 0 Å². The number of carbonyl (C=O) groups is 3. The van der Waals surface area contributed by atoms with E-state index in [2.05, 4.69) is 0 Å². The fourth-order valence-electron chi connectivity index (χ4n) is 6.69. The van der Waals surface area contributed by atoms with Crippen LogP contribution in [0, 0.1) is 22.7 Å². The first-order valence-corrected chi connectivity index (χ1v) is 10.2. The fourth-order valence-corrected chi connectivity index (χ4v) is 6.69. The number of alkyl halides is 1. The third-order valence-corrected chi connectivity index (χ3v) is 8.47. The first-order chi connectivity index (χ1) is 13.3. The lowest BCUT2D eigenvalue weighted by molar-refractivity contribution is -0.235. The Labute approximate surface area is 169 Å². The Morgan fingerprint density at radius 2 is 1.79 bits per heavy atom. The number of fused-ring (bicyclic) bond motifs is 3. The second-order valence-corrected chi connectivity index (χ2v) is 9.71. The summed E-state index contributed by atoms with van der Waals surface area (Å²) >= 11 is 0. The number of aliphatic hydroxyl groups excluding tert-OH is 3. The zero-order valence-corrected chi connectivity index (χ0v) is 17.2. The van der Waals surface area contributed by atoms with Crippen LogP contribution in [0.2, 0.25) is 0 Å². The van der Waals surface area contributed by atoms with Crippen LogP contribution in [0.3, 0.4) is 0 Å². The van der Waals surface area contributed by atoms with Crippen molar-refractivity contribution in [2.75, 3.05) is 6.61 Å². The van der Waals surface area contributed by atoms with Crippen LogP contribution in [0.5, 0.6) is 0 Å². The van der Waals surface area contributed by atoms with Gasteiger partial charge in [-0.25, -0.2) is 4.39 Å². The number of halogens is 1. The summed E-state index contributed by atoms with van der Waals surface area (Å²) in [6.45, 7) is 3.37. The Bertz CT molecular complexity index is 741. The van der Waals surface area contributed by atoms with E-state index < -0.39 is 58.5 Å². The summed E-state index contributed by atoms with van der Waals surface area (Å²) in [5.74, 6) is -3.03. The third kappa shape index (κ3) is 2.65. The second kappa shape index (κ2) is 6.90. The van der Waals surface area contributed by atoms with Crippen LogP contribution in [-0.2, 0) is 14.4 Å². The average Bonchev–Trinajstić information content (AvgIpc) is 2.85. The standard InChI is InChI=1S/C21H31FO7/c1-11(24)6-7-18(2)14(25)5-4-12-13-8-15(26)21(29,17(28)10-23)19(13,3)9-16(27)20(12,18)22/h12-13,15-16,23,26-27,29H,4-10H2,1-3H3/t12-,13-,15+,16-,18-,19-,20-,21-/m0/s1. The summed E-state index contributed by atoms with van der Waals surface area (Å²) in [6.07, 6.45) is -3.43. The molecule has 3 aliphatic rings. The van der Waals surface area contributed by atoms with Gasteiger partial charge in [0.1, 0.15) is 18.2 Å². The van der Waals surface area contributed by atoms with Crippen LogP contribution in [0.25, 0.3) is 0 Å². The largest absolute Gasteiger partial charge is 0.390 e. The molecular weight excluding hydrogens is 383 g/mol. The number of Topliss-reactive ketones (excluding diaryl/α,β-unsaturated/α-hetero) is 3. The Balaban J connectivity index is 2.09. The molecule has 0 saturated heterocycles. The molecule has 3 rings (SSSR count). The summed E-state index contributed by atoms with van der Waals surface area (Å²) < 4.78 is 16.8. The highest BCUT2D eigenvalue weighted by Crippen LogP contribution is 2.68. The lowest BCUT2D eigenvalue weighted by Crippen LogP contribution is -2.71. The van der Waals surface area contributed by atoms with Crippen molar-refractivity contribution in [2.45, 2.75) is 82.8 Å². The highest BCUT2D eigenvalue weighted by molar-refractivity contribution is 5.91. The van der Waals surface area contributed by atoms with E-state index in [1.54, 1.807) is 0 Å². The molecule has 0 bridgehead atoms. The fraction of sp³-hybridized carbons (Fsp3) is 0.857. The molecular formula is C21H31FO7. The molecule has 164 valence electrons. The second-order valence-electron chi connectivity index (χ2n) is 9.71. The monoisotopic (exact) mass is 414 g/mol. The van der Waals surface area contributed by atoms with Crippen LogP contribution in [-0.4, -0.2) is 67.9 Å². The molecule has 7 nitrogen and oxygen atoms in total. The maximum Gasteiger partial charge on any atom is 0.192 e. The van der Waals surface area contributed by atoms with Gasteiger partial charge < -0.3 is 25.2 Å². The van der Waals surface area contributed by atoms with Gasteiger partial charge in [0.2, 0.25) is 0 Å². The van der Waals surface area contributed by atoms with Gasteiger partial charge in [0.25, 0.3) is 0 Å². The number of hydrogen-bond donors (Lipinski definition) is 4. The molecule has 8 heteroatoms. The molecule has 3 saturated carbocycles. The van der Waals surface area contributed by atoms with Crippen molar-refractivity contribution in [3.05, 3.63) is 0 Å². The minimum Gasteiger partial charge on any atom is -0.390 e. The molecule has 0 aromatic carbocycles. The summed E-state index contributed by atoms with van der Waals surface area (Å²) in [5.41, 5.74) is -7.57. The number of carbonyl (C=O) groups excluding carboxylic acids is 3. The molecule has 0 aromatic heterocycles. The summed E-state index contributed by atoms with van der Waals surface area (Å²) in [7, 11) is 0. The van der Waals surface area contributed by atoms with E-state index in [-0.39, 0.29) is 50.1 Å². The number of aliphatic hydroxyl groups is 4. The predicted octanol–water partition coefficient (Wildman–Crippen LogP) is 0.493. The van der Waals surface area contributed by atoms with Crippen LogP contribution in [0.15, 0.2) is 0 Å². The molecule has 0 radical (unpaired) electrons. The molecule has 3 aliphatic carbocycles. The summed E-state index contributed by atoms with van der Waals surface area (Å²) in [6, 6.07) is 0. The molecule has 0 unspecified atom stereocenters. The van der Waals surface area contributed by atoms with Gasteiger partial charge in [-0.05, 0) is 45.4 Å². The van der Waals surface area contributed by atoms with E-state index in [0.29, 0.717) is 0 Å². The van der Waals surface area contributed by atoms with Crippen molar-refractivity contribution in [1.29, 1.82) is 0 Å². The predicted molar refractivity (Wildman–Crippen MR) is 99.5 cm³/mol. The summed E-state index contributed by atoms with van der Waals surface area (Å²) in [4.78, 5) is 36.7. The number of rotatable bonds is 5. The van der Waals surface area contributed by atoms with E-state index in [0.717, 1.165) is 0 Å². The van der Waals surface area contributed by atoms with Crippen molar-refractivity contribution in [3.8, 4) is 0 Å². The van der Waals surface area contributed by atoms with Gasteiger partial charge in [-0.3, -0.25) is 9.59 Å². The van der Waals surface area contributed by atoms with Crippen LogP contribution in [0.1, 0.15) is 59.3 Å². The molecule has 4 N–H and O–H groups in total. The summed E-state index contributed by atoms with van der Waals surface area (Å²) in [5, 5.41) is 42.0. The van der Waals surface area contributed by atoms with Gasteiger partial charge >= 0.3 is 0 Å². The minimum absolute atomic E-state index is 0.00481. The number of hydrogen-bond acceptors (Lipinski definition) is 7. The lowest BCUT2D eigenvalue weighted by atomic mass is 9.45. The minimum atomic E-state index is -2.34. The van der Waals surface area contributed by atoms with Crippen molar-refractivity contribution in [2.24, 2.45) is 22.7 Å². The van der Waals surface area contributed by atoms with Gasteiger partial charge in [-0.1, -0.05) is 6.92 Å². The first-order valence-electron chi connectivity index (χ1n) is 10.2. The quantitative estimate of drug-likeness (QED) is 0.515. The van der Waals surface area contributed by atoms with E-state index in [4.69, 9.17) is 0 Å². The van der Waals surface area contributed by atoms with Gasteiger partial charge in [0, 0.05) is 24.2 Å². The van der Waals surface area contributed by atoms with Crippen molar-refractivity contribution in [1.82, 2.24) is 0 Å². The van der Waals surface area contributed by atoms with Crippen molar-refractivity contribution in [3.63, 3.8) is 0 Å². The van der Waals surface area contributed by atoms with Crippen LogP contribution < -0.4 is 0 Å². The Morgan fingerprint density at radius 1 is 1.17 bits per heavy atom. The molecule has 0 heterocycles.